The number of hydrogen-bond acceptors (Lipinski definition) is 6. The first kappa shape index (κ1) is 22.8. The maximum absolute atomic E-state index is 12.6. The third-order valence-corrected chi connectivity index (χ3v) is 5.89. The molecule has 0 saturated carbocycles. The van der Waals surface area contributed by atoms with Crippen LogP contribution in [0.4, 0.5) is 5.69 Å². The molecule has 0 radical (unpaired) electrons. The van der Waals surface area contributed by atoms with Gasteiger partial charge in [0.1, 0.15) is 12.4 Å². The van der Waals surface area contributed by atoms with Gasteiger partial charge in [0.15, 0.2) is 16.7 Å². The number of benzene rings is 3. The number of hydrogen-bond donors (Lipinski definition) is 1. The monoisotopic (exact) mass is 480 g/mol. The molecule has 0 atom stereocenters. The standard InChI is InChI=1S/C25H21ClN2O4S/c1-30-20-11-9-19(10-12-20)27-25-28-24(29)22(33-25)14-17-6-4-8-21(31-2)23(17)32-15-16-5-3-7-18(26)13-16/h3-14H,15H2,1-2H3,(H,27,28,29)/b22-14-. The molecule has 0 unspecified atom stereocenters. The van der Waals surface area contributed by atoms with Gasteiger partial charge in [0.2, 0.25) is 0 Å². The number of rotatable bonds is 7. The van der Waals surface area contributed by atoms with Crippen LogP contribution in [0.3, 0.4) is 0 Å². The van der Waals surface area contributed by atoms with Crippen molar-refractivity contribution < 1.29 is 19.0 Å². The van der Waals surface area contributed by atoms with Crippen molar-refractivity contribution >= 4 is 46.2 Å². The molecule has 1 N–H and O–H groups in total. The molecule has 4 rings (SSSR count). The van der Waals surface area contributed by atoms with E-state index in [0.717, 1.165) is 16.9 Å². The van der Waals surface area contributed by atoms with Gasteiger partial charge >= 0.3 is 0 Å². The second-order valence-corrected chi connectivity index (χ2v) is 8.44. The molecule has 8 heteroatoms. The second-order valence-electron chi connectivity index (χ2n) is 6.98. The molecule has 1 fully saturated rings. The first-order chi connectivity index (χ1) is 16.1. The van der Waals surface area contributed by atoms with Gasteiger partial charge in [-0.15, -0.1) is 0 Å². The predicted octanol–water partition coefficient (Wildman–Crippen LogP) is 5.83. The van der Waals surface area contributed by atoms with Crippen molar-refractivity contribution in [2.24, 2.45) is 4.99 Å². The van der Waals surface area contributed by atoms with Gasteiger partial charge in [0.25, 0.3) is 5.91 Å². The van der Waals surface area contributed by atoms with E-state index in [9.17, 15) is 4.79 Å². The van der Waals surface area contributed by atoms with Gasteiger partial charge < -0.3 is 19.5 Å². The Hall–Kier alpha value is -3.42. The smallest absolute Gasteiger partial charge is 0.264 e. The SMILES string of the molecule is COc1ccc(N=C2NC(=O)/C(=C/c3cccc(OC)c3OCc3cccc(Cl)c3)S2)cc1. The molecule has 1 heterocycles. The summed E-state index contributed by atoms with van der Waals surface area (Å²) in [4.78, 5) is 17.6. The van der Waals surface area contributed by atoms with E-state index in [0.29, 0.717) is 38.9 Å². The van der Waals surface area contributed by atoms with Gasteiger partial charge in [-0.3, -0.25) is 4.79 Å². The summed E-state index contributed by atoms with van der Waals surface area (Å²) in [6.45, 7) is 0.306. The Balaban J connectivity index is 1.57. The minimum Gasteiger partial charge on any atom is -0.497 e. The van der Waals surface area contributed by atoms with Gasteiger partial charge in [-0.2, -0.15) is 0 Å². The highest BCUT2D eigenvalue weighted by Crippen LogP contribution is 2.36. The maximum Gasteiger partial charge on any atom is 0.264 e. The lowest BCUT2D eigenvalue weighted by atomic mass is 10.1. The van der Waals surface area contributed by atoms with Gasteiger partial charge in [0, 0.05) is 10.6 Å². The lowest BCUT2D eigenvalue weighted by Gasteiger charge is -2.14. The Morgan fingerprint density at radius 1 is 1.03 bits per heavy atom. The maximum atomic E-state index is 12.6. The topological polar surface area (TPSA) is 69.2 Å². The Morgan fingerprint density at radius 3 is 2.55 bits per heavy atom. The van der Waals surface area contributed by atoms with Crippen molar-refractivity contribution in [3.8, 4) is 17.2 Å². The number of ether oxygens (including phenoxy) is 3. The summed E-state index contributed by atoms with van der Waals surface area (Å²) in [7, 11) is 3.19. The van der Waals surface area contributed by atoms with Crippen LogP contribution in [0.25, 0.3) is 6.08 Å². The minimum atomic E-state index is -0.226. The molecule has 0 bridgehead atoms. The fraction of sp³-hybridized carbons (Fsp3) is 0.120. The number of carbonyl (C=O) groups excluding carboxylic acids is 1. The molecule has 6 nitrogen and oxygen atoms in total. The van der Waals surface area contributed by atoms with Crippen molar-refractivity contribution in [3.05, 3.63) is 87.8 Å². The third-order valence-electron chi connectivity index (χ3n) is 4.74. The Kier molecular flexibility index (Phi) is 7.22. The van der Waals surface area contributed by atoms with Gasteiger partial charge in [-0.25, -0.2) is 4.99 Å². The summed E-state index contributed by atoms with van der Waals surface area (Å²) in [6, 6.07) is 20.3. The molecular formula is C25H21ClN2O4S. The number of carbonyl (C=O) groups is 1. The molecule has 3 aromatic carbocycles. The summed E-state index contributed by atoms with van der Waals surface area (Å²) in [5, 5.41) is 3.94. The second kappa shape index (κ2) is 10.5. The van der Waals surface area contributed by atoms with E-state index in [1.54, 1.807) is 20.3 Å². The number of para-hydroxylation sites is 1. The largest absolute Gasteiger partial charge is 0.497 e. The lowest BCUT2D eigenvalue weighted by Crippen LogP contribution is -2.19. The van der Waals surface area contributed by atoms with Crippen molar-refractivity contribution in [2.45, 2.75) is 6.61 Å². The molecule has 0 aromatic heterocycles. The molecule has 33 heavy (non-hydrogen) atoms. The number of methoxy groups -OCH3 is 2. The molecule has 3 aromatic rings. The van der Waals surface area contributed by atoms with Gasteiger partial charge in [0.05, 0.1) is 24.8 Å². The van der Waals surface area contributed by atoms with E-state index in [2.05, 4.69) is 10.3 Å². The first-order valence-corrected chi connectivity index (χ1v) is 11.2. The van der Waals surface area contributed by atoms with Crippen molar-refractivity contribution in [3.63, 3.8) is 0 Å². The Labute approximate surface area is 201 Å². The fourth-order valence-corrected chi connectivity index (χ4v) is 4.19. The molecule has 1 aliphatic heterocycles. The van der Waals surface area contributed by atoms with Crippen molar-refractivity contribution in [1.29, 1.82) is 0 Å². The number of nitrogens with one attached hydrogen (secondary N) is 1. The van der Waals surface area contributed by atoms with Crippen LogP contribution >= 0.6 is 23.4 Å². The number of amides is 1. The summed E-state index contributed by atoms with van der Waals surface area (Å²) < 4.78 is 16.7. The van der Waals surface area contributed by atoms with Crippen LogP contribution in [0, 0.1) is 0 Å². The van der Waals surface area contributed by atoms with Crippen molar-refractivity contribution in [2.75, 3.05) is 14.2 Å². The van der Waals surface area contributed by atoms with Crippen LogP contribution in [-0.4, -0.2) is 25.3 Å². The fourth-order valence-electron chi connectivity index (χ4n) is 3.14. The van der Waals surface area contributed by atoms with E-state index in [1.165, 1.54) is 11.8 Å². The number of thioether (sulfide) groups is 1. The third kappa shape index (κ3) is 5.69. The van der Waals surface area contributed by atoms with E-state index in [4.69, 9.17) is 25.8 Å². The normalized spacial score (nSPS) is 15.5. The summed E-state index contributed by atoms with van der Waals surface area (Å²) in [6.07, 6.45) is 1.77. The van der Waals surface area contributed by atoms with Crippen LogP contribution < -0.4 is 19.5 Å². The average molecular weight is 481 g/mol. The molecule has 1 aliphatic rings. The van der Waals surface area contributed by atoms with E-state index >= 15 is 0 Å². The van der Waals surface area contributed by atoms with Gasteiger partial charge in [-0.05, 0) is 65.9 Å². The zero-order valence-electron chi connectivity index (χ0n) is 18.0. The van der Waals surface area contributed by atoms with E-state index < -0.39 is 0 Å². The van der Waals surface area contributed by atoms with Crippen LogP contribution in [0.15, 0.2) is 76.6 Å². The van der Waals surface area contributed by atoms with Crippen molar-refractivity contribution in [1.82, 2.24) is 5.32 Å². The number of amidine groups is 1. The molecule has 0 spiro atoms. The zero-order valence-corrected chi connectivity index (χ0v) is 19.6. The minimum absolute atomic E-state index is 0.226. The Morgan fingerprint density at radius 2 is 1.82 bits per heavy atom. The van der Waals surface area contributed by atoms with Gasteiger partial charge in [-0.1, -0.05) is 35.9 Å². The quantitative estimate of drug-likeness (QED) is 0.431. The molecular weight excluding hydrogens is 460 g/mol. The highest BCUT2D eigenvalue weighted by Gasteiger charge is 2.24. The van der Waals surface area contributed by atoms with Crippen LogP contribution in [0.1, 0.15) is 11.1 Å². The highest BCUT2D eigenvalue weighted by atomic mass is 35.5. The molecule has 1 amide bonds. The van der Waals surface area contributed by atoms with E-state index in [-0.39, 0.29) is 5.91 Å². The lowest BCUT2D eigenvalue weighted by molar-refractivity contribution is -0.115. The van der Waals surface area contributed by atoms with Crippen LogP contribution in [0.2, 0.25) is 5.02 Å². The van der Waals surface area contributed by atoms with E-state index in [1.807, 2.05) is 66.7 Å². The predicted molar refractivity (Wildman–Crippen MR) is 133 cm³/mol. The summed E-state index contributed by atoms with van der Waals surface area (Å²) >= 11 is 7.34. The molecule has 168 valence electrons. The number of nitrogens with zero attached hydrogens (tertiary/aromatic N) is 1. The van der Waals surface area contributed by atoms with Crippen LogP contribution in [-0.2, 0) is 11.4 Å². The Bertz CT molecular complexity index is 1230. The average Bonchev–Trinajstić information content (AvgIpc) is 3.16. The van der Waals surface area contributed by atoms with Crippen LogP contribution in [0.5, 0.6) is 17.2 Å². The molecule has 1 saturated heterocycles. The number of aliphatic imine (C=N–C) groups is 1. The summed E-state index contributed by atoms with van der Waals surface area (Å²) in [5.41, 5.74) is 2.36. The number of halogens is 1. The summed E-state index contributed by atoms with van der Waals surface area (Å²) in [5.74, 6) is 1.63. The zero-order chi connectivity index (χ0) is 23.2. The molecule has 0 aliphatic carbocycles. The first-order valence-electron chi connectivity index (χ1n) is 10.0. The highest BCUT2D eigenvalue weighted by molar-refractivity contribution is 8.18.